The van der Waals surface area contributed by atoms with Crippen LogP contribution in [0.25, 0.3) is 21.3 Å². The highest BCUT2D eigenvalue weighted by atomic mass is 32.1. The first-order valence-corrected chi connectivity index (χ1v) is 11.2. The van der Waals surface area contributed by atoms with Gasteiger partial charge in [-0.15, -0.1) is 11.3 Å². The normalized spacial score (nSPS) is 17.6. The minimum absolute atomic E-state index is 0.112. The van der Waals surface area contributed by atoms with Crippen LogP contribution in [0.3, 0.4) is 0 Å². The van der Waals surface area contributed by atoms with Crippen molar-refractivity contribution in [3.05, 3.63) is 47.5 Å². The number of hydrogen-bond acceptors (Lipinski definition) is 6. The van der Waals surface area contributed by atoms with Crippen LogP contribution in [0.1, 0.15) is 23.2 Å². The summed E-state index contributed by atoms with van der Waals surface area (Å²) in [6, 6.07) is 11.7. The fourth-order valence-corrected chi connectivity index (χ4v) is 4.71. The molecule has 1 N–H and O–H groups in total. The zero-order valence-corrected chi connectivity index (χ0v) is 18.0. The Morgan fingerprint density at radius 3 is 2.42 bits per heavy atom. The molecular formula is C23H23N3O4S. The van der Waals surface area contributed by atoms with Gasteiger partial charge in [-0.05, 0) is 48.2 Å². The minimum atomic E-state index is -1.16. The van der Waals surface area contributed by atoms with Crippen LogP contribution in [0.4, 0.5) is 0 Å². The largest absolute Gasteiger partial charge is 0.496 e. The molecule has 2 fully saturated rings. The highest BCUT2D eigenvalue weighted by molar-refractivity contribution is 7.16. The third-order valence-corrected chi connectivity index (χ3v) is 6.86. The van der Waals surface area contributed by atoms with Gasteiger partial charge in [0, 0.05) is 26.2 Å². The summed E-state index contributed by atoms with van der Waals surface area (Å²) in [6.45, 7) is 1.74. The number of nitrogens with zero attached hydrogens (tertiary/aromatic N) is 3. The lowest BCUT2D eigenvalue weighted by atomic mass is 10.0. The second-order valence-electron chi connectivity index (χ2n) is 8.07. The molecule has 1 saturated carbocycles. The number of ether oxygens (including phenoxy) is 1. The SMILES string of the molecule is COc1cc(-c2ccc3ncsc3c2)ccc1C(=O)N1CCN(C(=O)C2(O)CC2)CC1. The molecule has 160 valence electrons. The Balaban J connectivity index is 1.33. The van der Waals surface area contributed by atoms with Gasteiger partial charge in [-0.25, -0.2) is 4.98 Å². The van der Waals surface area contributed by atoms with Crippen LogP contribution in [0.2, 0.25) is 0 Å². The first-order chi connectivity index (χ1) is 15.0. The number of methoxy groups -OCH3 is 1. The van der Waals surface area contributed by atoms with Crippen LogP contribution in [0, 0.1) is 0 Å². The molecule has 2 aromatic carbocycles. The molecule has 8 heteroatoms. The van der Waals surface area contributed by atoms with Gasteiger partial charge in [0.2, 0.25) is 0 Å². The average molecular weight is 438 g/mol. The molecule has 5 rings (SSSR count). The van der Waals surface area contributed by atoms with Crippen molar-refractivity contribution in [2.24, 2.45) is 0 Å². The zero-order valence-electron chi connectivity index (χ0n) is 17.2. The number of benzene rings is 2. The molecule has 1 aromatic heterocycles. The number of rotatable bonds is 4. The third kappa shape index (κ3) is 3.66. The van der Waals surface area contributed by atoms with Crippen LogP contribution in [-0.4, -0.2) is 70.6 Å². The van der Waals surface area contributed by atoms with E-state index in [1.807, 2.05) is 29.8 Å². The molecule has 31 heavy (non-hydrogen) atoms. The van der Waals surface area contributed by atoms with Gasteiger partial charge < -0.3 is 19.6 Å². The molecule has 2 heterocycles. The lowest BCUT2D eigenvalue weighted by Gasteiger charge is -2.36. The molecule has 3 aromatic rings. The van der Waals surface area contributed by atoms with E-state index in [-0.39, 0.29) is 11.8 Å². The standard InChI is InChI=1S/C23H23N3O4S/c1-30-19-12-15(16-3-5-18-20(13-16)31-14-24-18)2-4-17(19)21(27)25-8-10-26(11-9-25)22(28)23(29)6-7-23/h2-5,12-14,29H,6-11H2,1H3. The highest BCUT2D eigenvalue weighted by Gasteiger charge is 2.50. The molecule has 0 unspecified atom stereocenters. The van der Waals surface area contributed by atoms with Gasteiger partial charge in [0.15, 0.2) is 0 Å². The topological polar surface area (TPSA) is 83.0 Å². The quantitative estimate of drug-likeness (QED) is 0.679. The molecule has 7 nitrogen and oxygen atoms in total. The maximum atomic E-state index is 13.1. The maximum absolute atomic E-state index is 13.1. The number of thiazole rings is 1. The third-order valence-electron chi connectivity index (χ3n) is 6.07. The Hall–Kier alpha value is -2.97. The molecule has 1 saturated heterocycles. The van der Waals surface area contributed by atoms with Crippen molar-refractivity contribution in [2.75, 3.05) is 33.3 Å². The van der Waals surface area contributed by atoms with Crippen LogP contribution >= 0.6 is 11.3 Å². The highest BCUT2D eigenvalue weighted by Crippen LogP contribution is 2.37. The monoisotopic (exact) mass is 437 g/mol. The molecular weight excluding hydrogens is 414 g/mol. The molecule has 1 aliphatic heterocycles. The summed E-state index contributed by atoms with van der Waals surface area (Å²) in [6.07, 6.45) is 1.06. The summed E-state index contributed by atoms with van der Waals surface area (Å²) in [5, 5.41) is 10.0. The number of amides is 2. The van der Waals surface area contributed by atoms with Crippen molar-refractivity contribution in [1.82, 2.24) is 14.8 Å². The van der Waals surface area contributed by atoms with E-state index in [4.69, 9.17) is 4.74 Å². The van der Waals surface area contributed by atoms with Gasteiger partial charge in [0.1, 0.15) is 11.4 Å². The summed E-state index contributed by atoms with van der Waals surface area (Å²) in [4.78, 5) is 33.2. The summed E-state index contributed by atoms with van der Waals surface area (Å²) in [5.74, 6) is 0.204. The van der Waals surface area contributed by atoms with Gasteiger partial charge in [-0.1, -0.05) is 12.1 Å². The van der Waals surface area contributed by atoms with Crippen LogP contribution in [0.15, 0.2) is 41.9 Å². The smallest absolute Gasteiger partial charge is 0.257 e. The summed E-state index contributed by atoms with van der Waals surface area (Å²) in [7, 11) is 1.56. The minimum Gasteiger partial charge on any atom is -0.496 e. The second kappa shape index (κ2) is 7.62. The van der Waals surface area contributed by atoms with E-state index in [0.717, 1.165) is 21.3 Å². The maximum Gasteiger partial charge on any atom is 0.257 e. The number of carbonyl (C=O) groups is 2. The van der Waals surface area contributed by atoms with Crippen molar-refractivity contribution >= 4 is 33.4 Å². The number of piperazine rings is 1. The molecule has 2 aliphatic rings. The van der Waals surface area contributed by atoms with Crippen molar-refractivity contribution in [3.8, 4) is 16.9 Å². The predicted molar refractivity (Wildman–Crippen MR) is 118 cm³/mol. The lowest BCUT2D eigenvalue weighted by molar-refractivity contribution is -0.143. The average Bonchev–Trinajstić information content (AvgIpc) is 3.39. The Morgan fingerprint density at radius 2 is 1.71 bits per heavy atom. The van der Waals surface area contributed by atoms with E-state index >= 15 is 0 Å². The summed E-state index contributed by atoms with van der Waals surface area (Å²) in [5.41, 5.74) is 4.16. The van der Waals surface area contributed by atoms with Crippen LogP contribution in [-0.2, 0) is 4.79 Å². The molecule has 2 amide bonds. The van der Waals surface area contributed by atoms with Crippen LogP contribution < -0.4 is 4.74 Å². The summed E-state index contributed by atoms with van der Waals surface area (Å²) < 4.78 is 6.66. The van der Waals surface area contributed by atoms with Gasteiger partial charge in [0.25, 0.3) is 11.8 Å². The number of aromatic nitrogens is 1. The second-order valence-corrected chi connectivity index (χ2v) is 8.95. The van der Waals surface area contributed by atoms with Crippen molar-refractivity contribution in [1.29, 1.82) is 0 Å². The molecule has 0 bridgehead atoms. The van der Waals surface area contributed by atoms with E-state index in [1.54, 1.807) is 34.3 Å². The van der Waals surface area contributed by atoms with E-state index in [1.165, 1.54) is 0 Å². The van der Waals surface area contributed by atoms with Gasteiger partial charge in [-0.3, -0.25) is 9.59 Å². The van der Waals surface area contributed by atoms with Crippen molar-refractivity contribution < 1.29 is 19.4 Å². The lowest BCUT2D eigenvalue weighted by Crippen LogP contribution is -2.53. The number of hydrogen-bond donors (Lipinski definition) is 1. The first-order valence-electron chi connectivity index (χ1n) is 10.3. The van der Waals surface area contributed by atoms with E-state index in [0.29, 0.717) is 50.3 Å². The van der Waals surface area contributed by atoms with Gasteiger partial charge in [0.05, 0.1) is 28.4 Å². The van der Waals surface area contributed by atoms with Gasteiger partial charge in [-0.2, -0.15) is 0 Å². The summed E-state index contributed by atoms with van der Waals surface area (Å²) >= 11 is 1.59. The van der Waals surface area contributed by atoms with Crippen molar-refractivity contribution in [3.63, 3.8) is 0 Å². The Morgan fingerprint density at radius 1 is 1.03 bits per heavy atom. The zero-order chi connectivity index (χ0) is 21.6. The van der Waals surface area contributed by atoms with E-state index in [2.05, 4.69) is 11.1 Å². The Labute approximate surface area is 183 Å². The fourth-order valence-electron chi connectivity index (χ4n) is 3.99. The molecule has 1 aliphatic carbocycles. The predicted octanol–water partition coefficient (Wildman–Crippen LogP) is 2.78. The van der Waals surface area contributed by atoms with Gasteiger partial charge >= 0.3 is 0 Å². The molecule has 0 radical (unpaired) electrons. The Kier molecular flexibility index (Phi) is 4.91. The van der Waals surface area contributed by atoms with E-state index in [9.17, 15) is 14.7 Å². The first kappa shape index (κ1) is 20.0. The van der Waals surface area contributed by atoms with E-state index < -0.39 is 5.60 Å². The number of carbonyl (C=O) groups excluding carboxylic acids is 2. The van der Waals surface area contributed by atoms with Crippen LogP contribution in [0.5, 0.6) is 5.75 Å². The Bertz CT molecular complexity index is 1160. The molecule has 0 atom stereocenters. The number of fused-ring (bicyclic) bond motifs is 1. The number of aliphatic hydroxyl groups is 1. The van der Waals surface area contributed by atoms with Crippen molar-refractivity contribution in [2.45, 2.75) is 18.4 Å². The molecule has 0 spiro atoms. The fraction of sp³-hybridized carbons (Fsp3) is 0.348.